The van der Waals surface area contributed by atoms with Crippen LogP contribution in [0.15, 0.2) is 0 Å². The molecule has 4 N–H and O–H groups in total. The van der Waals surface area contributed by atoms with E-state index in [1.807, 2.05) is 6.92 Å². The number of carbonyl (C=O) groups is 1. The van der Waals surface area contributed by atoms with E-state index in [1.165, 1.54) is 30.6 Å². The van der Waals surface area contributed by atoms with Gasteiger partial charge in [0.05, 0.1) is 0 Å². The third-order valence-electron chi connectivity index (χ3n) is 3.35. The van der Waals surface area contributed by atoms with Gasteiger partial charge in [-0.1, -0.05) is 17.8 Å². The van der Waals surface area contributed by atoms with Gasteiger partial charge in [-0.3, -0.25) is 4.79 Å². The maximum atomic E-state index is 12.1. The average molecular weight is 297 g/mol. The van der Waals surface area contributed by atoms with Crippen molar-refractivity contribution in [2.75, 3.05) is 43.8 Å². The lowest BCUT2D eigenvalue weighted by Crippen LogP contribution is -2.37. The minimum Gasteiger partial charge on any atom is -0.382 e. The fourth-order valence-corrected chi connectivity index (χ4v) is 3.18. The van der Waals surface area contributed by atoms with Gasteiger partial charge < -0.3 is 21.3 Å². The number of rotatable bonds is 6. The number of nitrogen functional groups attached to an aromatic ring is 1. The number of carbonyl (C=O) groups excluding carboxylic acids is 1. The van der Waals surface area contributed by atoms with E-state index >= 15 is 0 Å². The fraction of sp³-hybridized carbons (Fsp3) is 0.692. The Bertz CT molecular complexity index is 442. The lowest BCUT2D eigenvalue weighted by molar-refractivity contribution is 0.0951. The molecule has 2 heterocycles. The first-order valence-electron chi connectivity index (χ1n) is 7.21. The highest BCUT2D eigenvalue weighted by Crippen LogP contribution is 2.24. The highest BCUT2D eigenvalue weighted by Gasteiger charge is 2.16. The molecule has 1 saturated heterocycles. The van der Waals surface area contributed by atoms with Gasteiger partial charge in [0.2, 0.25) is 0 Å². The Hall–Kier alpha value is -1.34. The summed E-state index contributed by atoms with van der Waals surface area (Å²) in [5, 5.41) is 6.70. The van der Waals surface area contributed by atoms with E-state index < -0.39 is 0 Å². The zero-order valence-corrected chi connectivity index (χ0v) is 12.8. The zero-order valence-electron chi connectivity index (χ0n) is 11.9. The van der Waals surface area contributed by atoms with Gasteiger partial charge >= 0.3 is 0 Å². The predicted molar refractivity (Wildman–Crippen MR) is 83.3 cm³/mol. The van der Waals surface area contributed by atoms with Crippen LogP contribution in [0, 0.1) is 0 Å². The number of nitrogens with one attached hydrogen (secondary N) is 2. The normalized spacial score (nSPS) is 16.1. The maximum absolute atomic E-state index is 12.1. The van der Waals surface area contributed by atoms with Crippen LogP contribution in [0.3, 0.4) is 0 Å². The molecule has 0 radical (unpaired) electrons. The number of nitrogens with two attached hydrogens (primary N) is 1. The predicted octanol–water partition coefficient (Wildman–Crippen LogP) is 1.37. The number of anilines is 2. The molecular formula is C13H23N5OS. The SMILES string of the molecule is CCNc1nc(N)c(C(=O)NCCN2CCCCC2)s1. The molecule has 7 heteroatoms. The number of thiazole rings is 1. The quantitative estimate of drug-likeness (QED) is 0.739. The van der Waals surface area contributed by atoms with E-state index in [9.17, 15) is 4.79 Å². The lowest BCUT2D eigenvalue weighted by Gasteiger charge is -2.26. The van der Waals surface area contributed by atoms with Crippen molar-refractivity contribution in [2.45, 2.75) is 26.2 Å². The van der Waals surface area contributed by atoms with Crippen LogP contribution in [0.25, 0.3) is 0 Å². The monoisotopic (exact) mass is 297 g/mol. The first-order chi connectivity index (χ1) is 9.70. The summed E-state index contributed by atoms with van der Waals surface area (Å²) in [5.74, 6) is 0.183. The smallest absolute Gasteiger partial charge is 0.265 e. The molecule has 0 spiro atoms. The molecule has 1 aliphatic heterocycles. The Labute approximate surface area is 123 Å². The average Bonchev–Trinajstić information content (AvgIpc) is 2.81. The van der Waals surface area contributed by atoms with Crippen LogP contribution in [0.1, 0.15) is 35.9 Å². The number of hydrogen-bond acceptors (Lipinski definition) is 6. The van der Waals surface area contributed by atoms with E-state index in [2.05, 4.69) is 20.5 Å². The summed E-state index contributed by atoms with van der Waals surface area (Å²) in [5.41, 5.74) is 5.78. The second-order valence-electron chi connectivity index (χ2n) is 4.92. The minimum absolute atomic E-state index is 0.124. The molecule has 1 aliphatic rings. The van der Waals surface area contributed by atoms with Crippen LogP contribution in [0.2, 0.25) is 0 Å². The number of piperidine rings is 1. The van der Waals surface area contributed by atoms with Crippen LogP contribution < -0.4 is 16.4 Å². The summed E-state index contributed by atoms with van der Waals surface area (Å²) in [6.45, 7) is 6.60. The number of nitrogens with zero attached hydrogens (tertiary/aromatic N) is 2. The van der Waals surface area contributed by atoms with E-state index in [0.29, 0.717) is 22.4 Å². The molecule has 0 bridgehead atoms. The van der Waals surface area contributed by atoms with Crippen molar-refractivity contribution in [3.63, 3.8) is 0 Å². The molecule has 0 saturated carbocycles. The second kappa shape index (κ2) is 7.44. The van der Waals surface area contributed by atoms with E-state index in [1.54, 1.807) is 0 Å². The van der Waals surface area contributed by atoms with Crippen LogP contribution >= 0.6 is 11.3 Å². The first-order valence-corrected chi connectivity index (χ1v) is 8.03. The van der Waals surface area contributed by atoms with Crippen LogP contribution in [-0.2, 0) is 0 Å². The van der Waals surface area contributed by atoms with Crippen LogP contribution in [-0.4, -0.2) is 48.5 Å². The lowest BCUT2D eigenvalue weighted by atomic mass is 10.1. The minimum atomic E-state index is -0.124. The van der Waals surface area contributed by atoms with E-state index in [0.717, 1.165) is 26.2 Å². The molecule has 0 atom stereocenters. The van der Waals surface area contributed by atoms with Gasteiger partial charge in [-0.05, 0) is 32.9 Å². The van der Waals surface area contributed by atoms with Gasteiger partial charge in [0.25, 0.3) is 5.91 Å². The van der Waals surface area contributed by atoms with Crippen molar-refractivity contribution in [1.82, 2.24) is 15.2 Å². The fourth-order valence-electron chi connectivity index (χ4n) is 2.31. The van der Waals surface area contributed by atoms with Crippen LogP contribution in [0.5, 0.6) is 0 Å². The Morgan fingerprint density at radius 3 is 2.85 bits per heavy atom. The summed E-state index contributed by atoms with van der Waals surface area (Å²) in [6, 6.07) is 0. The number of likely N-dealkylation sites (tertiary alicyclic amines) is 1. The summed E-state index contributed by atoms with van der Waals surface area (Å²) in [7, 11) is 0. The molecule has 6 nitrogen and oxygen atoms in total. The van der Waals surface area contributed by atoms with Gasteiger partial charge in [0.15, 0.2) is 5.13 Å². The summed E-state index contributed by atoms with van der Waals surface area (Å²) in [6.07, 6.45) is 3.86. The van der Waals surface area contributed by atoms with E-state index in [4.69, 9.17) is 5.73 Å². The van der Waals surface area contributed by atoms with Gasteiger partial charge in [-0.25, -0.2) is 4.98 Å². The molecule has 2 rings (SSSR count). The molecule has 1 aromatic heterocycles. The summed E-state index contributed by atoms with van der Waals surface area (Å²) >= 11 is 1.31. The van der Waals surface area contributed by atoms with Crippen molar-refractivity contribution in [3.05, 3.63) is 4.88 Å². The number of aromatic nitrogens is 1. The highest BCUT2D eigenvalue weighted by molar-refractivity contribution is 7.18. The molecule has 0 aliphatic carbocycles. The Balaban J connectivity index is 1.79. The van der Waals surface area contributed by atoms with Crippen molar-refractivity contribution in [2.24, 2.45) is 0 Å². The standard InChI is InChI=1S/C13H23N5OS/c1-2-15-13-17-11(14)10(20-13)12(19)16-6-9-18-7-4-3-5-8-18/h2-9,14H2,1H3,(H,15,17)(H,16,19). The topological polar surface area (TPSA) is 83.3 Å². The van der Waals surface area contributed by atoms with Gasteiger partial charge in [0, 0.05) is 19.6 Å². The van der Waals surface area contributed by atoms with Gasteiger partial charge in [-0.2, -0.15) is 0 Å². The van der Waals surface area contributed by atoms with Gasteiger partial charge in [-0.15, -0.1) is 0 Å². The van der Waals surface area contributed by atoms with Crippen molar-refractivity contribution < 1.29 is 4.79 Å². The molecule has 1 amide bonds. The number of amides is 1. The molecule has 1 aromatic rings. The Morgan fingerprint density at radius 1 is 1.40 bits per heavy atom. The maximum Gasteiger partial charge on any atom is 0.265 e. The number of hydrogen-bond donors (Lipinski definition) is 3. The Morgan fingerprint density at radius 2 is 2.15 bits per heavy atom. The van der Waals surface area contributed by atoms with E-state index in [-0.39, 0.29) is 5.91 Å². The molecule has 0 unspecified atom stereocenters. The Kier molecular flexibility index (Phi) is 5.60. The van der Waals surface area contributed by atoms with Crippen LogP contribution in [0.4, 0.5) is 10.9 Å². The molecule has 20 heavy (non-hydrogen) atoms. The largest absolute Gasteiger partial charge is 0.382 e. The third kappa shape index (κ3) is 4.08. The highest BCUT2D eigenvalue weighted by atomic mass is 32.1. The summed E-state index contributed by atoms with van der Waals surface area (Å²) in [4.78, 5) is 19.1. The molecule has 112 valence electrons. The van der Waals surface area contributed by atoms with Crippen molar-refractivity contribution >= 4 is 28.2 Å². The van der Waals surface area contributed by atoms with Gasteiger partial charge in [0.1, 0.15) is 10.7 Å². The summed E-state index contributed by atoms with van der Waals surface area (Å²) < 4.78 is 0. The zero-order chi connectivity index (χ0) is 14.4. The van der Waals surface area contributed by atoms with Crippen molar-refractivity contribution in [3.8, 4) is 0 Å². The molecular weight excluding hydrogens is 274 g/mol. The van der Waals surface area contributed by atoms with Crippen molar-refractivity contribution in [1.29, 1.82) is 0 Å². The second-order valence-corrected chi connectivity index (χ2v) is 5.92. The first kappa shape index (κ1) is 15.1. The molecule has 1 fully saturated rings. The molecule has 0 aromatic carbocycles. The third-order valence-corrected chi connectivity index (χ3v) is 4.38.